The van der Waals surface area contributed by atoms with E-state index in [2.05, 4.69) is 15.5 Å². The van der Waals surface area contributed by atoms with Crippen molar-refractivity contribution in [3.8, 4) is 11.5 Å². The maximum atomic E-state index is 12.6. The average molecular weight is 407 g/mol. The van der Waals surface area contributed by atoms with Crippen LogP contribution in [0.25, 0.3) is 0 Å². The molecule has 0 unspecified atom stereocenters. The maximum Gasteiger partial charge on any atom is 0.237 e. The van der Waals surface area contributed by atoms with Crippen LogP contribution in [0.5, 0.6) is 11.5 Å². The number of amides is 2. The second kappa shape index (κ2) is 9.98. The fourth-order valence-electron chi connectivity index (χ4n) is 2.51. The number of hydrogen-bond donors (Lipinski definition) is 2. The van der Waals surface area contributed by atoms with E-state index in [0.717, 1.165) is 0 Å². The van der Waals surface area contributed by atoms with E-state index in [4.69, 9.17) is 15.2 Å². The highest BCUT2D eigenvalue weighted by Crippen LogP contribution is 2.30. The third-order valence-corrected chi connectivity index (χ3v) is 5.09. The van der Waals surface area contributed by atoms with Crippen LogP contribution in [0.2, 0.25) is 0 Å². The molecule has 1 atom stereocenters. The van der Waals surface area contributed by atoms with Gasteiger partial charge in [0.2, 0.25) is 11.8 Å². The average Bonchev–Trinajstić information content (AvgIpc) is 3.07. The molecule has 10 heteroatoms. The Morgan fingerprint density at radius 3 is 2.57 bits per heavy atom. The van der Waals surface area contributed by atoms with Gasteiger partial charge < -0.3 is 25.1 Å². The number of carbonyl (C=O) groups excluding carboxylic acids is 2. The highest BCUT2D eigenvalue weighted by atomic mass is 32.2. The van der Waals surface area contributed by atoms with Crippen molar-refractivity contribution in [3.63, 3.8) is 0 Å². The molecule has 1 aromatic heterocycles. The van der Waals surface area contributed by atoms with Crippen LogP contribution in [0.4, 0.5) is 5.69 Å². The van der Waals surface area contributed by atoms with E-state index in [9.17, 15) is 9.59 Å². The predicted octanol–water partition coefficient (Wildman–Crippen LogP) is 1.85. The second-order valence-electron chi connectivity index (χ2n) is 5.93. The number of nitrogens with two attached hydrogens (primary N) is 1. The van der Waals surface area contributed by atoms with E-state index >= 15 is 0 Å². The number of nitrogens with one attached hydrogen (secondary N) is 1. The van der Waals surface area contributed by atoms with Crippen molar-refractivity contribution >= 4 is 29.3 Å². The van der Waals surface area contributed by atoms with Crippen LogP contribution in [0.1, 0.15) is 26.1 Å². The van der Waals surface area contributed by atoms with Crippen LogP contribution in [-0.4, -0.2) is 46.0 Å². The van der Waals surface area contributed by atoms with Gasteiger partial charge in [-0.25, -0.2) is 0 Å². The van der Waals surface area contributed by atoms with E-state index in [1.54, 1.807) is 32.2 Å². The molecule has 2 rings (SSSR count). The lowest BCUT2D eigenvalue weighted by atomic mass is 10.2. The van der Waals surface area contributed by atoms with Crippen molar-refractivity contribution in [1.82, 2.24) is 14.8 Å². The summed E-state index contributed by atoms with van der Waals surface area (Å²) in [6.45, 7) is 4.38. The van der Waals surface area contributed by atoms with Crippen LogP contribution in [-0.2, 0) is 22.6 Å². The minimum absolute atomic E-state index is 0.179. The molecular formula is C18H25N5O4S. The van der Waals surface area contributed by atoms with Gasteiger partial charge in [0.25, 0.3) is 0 Å². The number of methoxy groups -OCH3 is 2. The normalized spacial score (nSPS) is 11.7. The van der Waals surface area contributed by atoms with E-state index in [1.165, 1.54) is 18.9 Å². The van der Waals surface area contributed by atoms with Crippen molar-refractivity contribution in [2.75, 3.05) is 19.5 Å². The first-order chi connectivity index (χ1) is 13.4. The molecule has 0 fully saturated rings. The largest absolute Gasteiger partial charge is 0.493 e. The van der Waals surface area contributed by atoms with Gasteiger partial charge in [-0.1, -0.05) is 11.8 Å². The number of hydrogen-bond acceptors (Lipinski definition) is 7. The predicted molar refractivity (Wildman–Crippen MR) is 107 cm³/mol. The number of ether oxygens (including phenoxy) is 2. The first-order valence-corrected chi connectivity index (χ1v) is 9.67. The van der Waals surface area contributed by atoms with Gasteiger partial charge in [-0.05, 0) is 26.0 Å². The molecule has 0 aliphatic heterocycles. The molecule has 0 aliphatic carbocycles. The second-order valence-corrected chi connectivity index (χ2v) is 7.24. The van der Waals surface area contributed by atoms with Crippen LogP contribution >= 0.6 is 11.8 Å². The van der Waals surface area contributed by atoms with Crippen LogP contribution in [0.15, 0.2) is 23.4 Å². The minimum atomic E-state index is -0.411. The highest BCUT2D eigenvalue weighted by Gasteiger charge is 2.20. The molecule has 152 valence electrons. The molecule has 0 bridgehead atoms. The van der Waals surface area contributed by atoms with Gasteiger partial charge in [0.1, 0.15) is 5.82 Å². The summed E-state index contributed by atoms with van der Waals surface area (Å²) in [5.41, 5.74) is 5.81. The number of benzene rings is 1. The molecule has 1 aromatic carbocycles. The Kier molecular flexibility index (Phi) is 7.68. The lowest BCUT2D eigenvalue weighted by Gasteiger charge is -2.14. The summed E-state index contributed by atoms with van der Waals surface area (Å²) in [7, 11) is 3.09. The molecular weight excluding hydrogens is 382 g/mol. The summed E-state index contributed by atoms with van der Waals surface area (Å²) in [6, 6.07) is 5.17. The third-order valence-electron chi connectivity index (χ3n) is 4.01. The maximum absolute atomic E-state index is 12.6. The van der Waals surface area contributed by atoms with E-state index in [-0.39, 0.29) is 18.2 Å². The van der Waals surface area contributed by atoms with Crippen molar-refractivity contribution in [2.24, 2.45) is 5.73 Å². The summed E-state index contributed by atoms with van der Waals surface area (Å²) in [6.07, 6.45) is 0.626. The lowest BCUT2D eigenvalue weighted by molar-refractivity contribution is -0.118. The Bertz CT molecular complexity index is 839. The van der Waals surface area contributed by atoms with Gasteiger partial charge in [-0.3, -0.25) is 9.59 Å². The molecule has 2 aromatic rings. The Morgan fingerprint density at radius 2 is 1.96 bits per heavy atom. The number of anilines is 1. The molecule has 0 saturated heterocycles. The number of nitrogens with zero attached hydrogens (tertiary/aromatic N) is 3. The highest BCUT2D eigenvalue weighted by molar-refractivity contribution is 8.00. The molecule has 3 N–H and O–H groups in total. The Labute approximate surface area is 168 Å². The summed E-state index contributed by atoms with van der Waals surface area (Å²) >= 11 is 1.30. The fraction of sp³-hybridized carbons (Fsp3) is 0.444. The number of carbonyl (C=O) groups is 2. The lowest BCUT2D eigenvalue weighted by Crippen LogP contribution is -2.23. The SMILES string of the molecule is CCn1c(CCC(N)=O)nnc1S[C@@H](C)C(=O)Nc1ccc(OC)c(OC)c1. The molecule has 0 spiro atoms. The topological polar surface area (TPSA) is 121 Å². The van der Waals surface area contributed by atoms with Gasteiger partial charge in [-0.15, -0.1) is 10.2 Å². The molecule has 28 heavy (non-hydrogen) atoms. The monoisotopic (exact) mass is 407 g/mol. The molecule has 0 radical (unpaired) electrons. The number of primary amides is 1. The molecule has 9 nitrogen and oxygen atoms in total. The van der Waals surface area contributed by atoms with Gasteiger partial charge in [0, 0.05) is 31.1 Å². The minimum Gasteiger partial charge on any atom is -0.493 e. The Morgan fingerprint density at radius 1 is 1.25 bits per heavy atom. The van der Waals surface area contributed by atoms with Gasteiger partial charge >= 0.3 is 0 Å². The van der Waals surface area contributed by atoms with Crippen molar-refractivity contribution in [2.45, 2.75) is 43.6 Å². The summed E-state index contributed by atoms with van der Waals surface area (Å²) in [5, 5.41) is 11.3. The fourth-order valence-corrected chi connectivity index (χ4v) is 3.45. The van der Waals surface area contributed by atoms with Crippen molar-refractivity contribution < 1.29 is 19.1 Å². The summed E-state index contributed by atoms with van der Waals surface area (Å²) in [5.74, 6) is 1.23. The molecule has 0 saturated carbocycles. The number of rotatable bonds is 10. The van der Waals surface area contributed by atoms with Gasteiger partial charge in [-0.2, -0.15) is 0 Å². The standard InChI is InChI=1S/C18H25N5O4S/c1-5-23-16(9-8-15(19)24)21-22-18(23)28-11(2)17(25)20-12-6-7-13(26-3)14(10-12)27-4/h6-7,10-11H,5,8-9H2,1-4H3,(H2,19,24)(H,20,25)/t11-/m0/s1. The smallest absolute Gasteiger partial charge is 0.237 e. The van der Waals surface area contributed by atoms with E-state index < -0.39 is 5.25 Å². The van der Waals surface area contributed by atoms with E-state index in [1.807, 2.05) is 11.5 Å². The van der Waals surface area contributed by atoms with Gasteiger partial charge in [0.15, 0.2) is 16.7 Å². The molecule has 1 heterocycles. The number of aryl methyl sites for hydroxylation is 1. The molecule has 2 amide bonds. The first kappa shape index (κ1) is 21.5. The number of thioether (sulfide) groups is 1. The van der Waals surface area contributed by atoms with E-state index in [0.29, 0.717) is 41.1 Å². The van der Waals surface area contributed by atoms with Crippen molar-refractivity contribution in [1.29, 1.82) is 0 Å². The molecule has 0 aliphatic rings. The van der Waals surface area contributed by atoms with Gasteiger partial charge in [0.05, 0.1) is 19.5 Å². The number of aromatic nitrogens is 3. The quantitative estimate of drug-likeness (QED) is 0.577. The first-order valence-electron chi connectivity index (χ1n) is 8.79. The zero-order valence-electron chi connectivity index (χ0n) is 16.4. The van der Waals surface area contributed by atoms with Crippen molar-refractivity contribution in [3.05, 3.63) is 24.0 Å². The van der Waals surface area contributed by atoms with Crippen LogP contribution in [0.3, 0.4) is 0 Å². The summed E-state index contributed by atoms with van der Waals surface area (Å²) in [4.78, 5) is 23.6. The Hall–Kier alpha value is -2.75. The Balaban J connectivity index is 2.05. The summed E-state index contributed by atoms with van der Waals surface area (Å²) < 4.78 is 12.3. The van der Waals surface area contributed by atoms with Crippen LogP contribution in [0, 0.1) is 0 Å². The van der Waals surface area contributed by atoms with Crippen LogP contribution < -0.4 is 20.5 Å². The zero-order valence-corrected chi connectivity index (χ0v) is 17.2. The third kappa shape index (κ3) is 5.38. The zero-order chi connectivity index (χ0) is 20.7.